The van der Waals surface area contributed by atoms with Gasteiger partial charge in [-0.25, -0.2) is 9.18 Å². The Balaban J connectivity index is 1.33. The zero-order valence-electron chi connectivity index (χ0n) is 23.6. The van der Waals surface area contributed by atoms with E-state index in [1.165, 1.54) is 30.6 Å². The molecule has 0 fully saturated rings. The molecule has 0 saturated carbocycles. The number of aromatic nitrogens is 3. The first-order valence-corrected chi connectivity index (χ1v) is 15.6. The molecule has 2 heterocycles. The third-order valence-electron chi connectivity index (χ3n) is 6.78. The minimum atomic E-state index is -0.430. The summed E-state index contributed by atoms with van der Waals surface area (Å²) in [5.41, 5.74) is 2.34. The van der Waals surface area contributed by atoms with Gasteiger partial charge in [0.25, 0.3) is 5.91 Å². The van der Waals surface area contributed by atoms with E-state index >= 15 is 0 Å². The Morgan fingerprint density at radius 1 is 1.07 bits per heavy atom. The van der Waals surface area contributed by atoms with Gasteiger partial charge in [-0.05, 0) is 74.6 Å². The largest absolute Gasteiger partial charge is 0.496 e. The van der Waals surface area contributed by atoms with E-state index in [4.69, 9.17) is 9.47 Å². The van der Waals surface area contributed by atoms with Crippen molar-refractivity contribution in [3.05, 3.63) is 81.7 Å². The first-order chi connectivity index (χ1) is 20.9. The normalized spacial score (nSPS) is 12.3. The van der Waals surface area contributed by atoms with Gasteiger partial charge in [-0.3, -0.25) is 14.2 Å². The van der Waals surface area contributed by atoms with Gasteiger partial charge in [0.15, 0.2) is 11.0 Å². The summed E-state index contributed by atoms with van der Waals surface area (Å²) < 4.78 is 26.0. The van der Waals surface area contributed by atoms with E-state index in [1.54, 1.807) is 47.9 Å². The highest BCUT2D eigenvalue weighted by molar-refractivity contribution is 7.99. The summed E-state index contributed by atoms with van der Waals surface area (Å²) in [5.74, 6) is -0.747. The number of amides is 2. The second-order valence-corrected chi connectivity index (χ2v) is 11.6. The number of carbonyl (C=O) groups excluding carboxylic acids is 3. The third-order valence-corrected chi connectivity index (χ3v) is 8.92. The Bertz CT molecular complexity index is 1640. The standard InChI is InChI=1S/C30H30FN5O5S2/c1-3-41-29(39)26-21-9-5-7-11-23(21)43-28(26)33-25(37)17-42-30-35-34-24(36(30)19-14-12-18(31)13-15-19)16-32-27(38)20-8-4-6-10-22(20)40-2/h4,6,8,10,12-15H,3,5,7,9,11,16-17H2,1-2H3,(H,32,38)(H,33,37). The molecule has 0 saturated heterocycles. The number of esters is 1. The summed E-state index contributed by atoms with van der Waals surface area (Å²) in [6.45, 7) is 2.01. The lowest BCUT2D eigenvalue weighted by atomic mass is 9.95. The lowest BCUT2D eigenvalue weighted by molar-refractivity contribution is -0.113. The monoisotopic (exact) mass is 623 g/mol. The molecular formula is C30H30FN5O5S2. The summed E-state index contributed by atoms with van der Waals surface area (Å²) >= 11 is 2.55. The summed E-state index contributed by atoms with van der Waals surface area (Å²) in [6, 6.07) is 12.6. The maximum absolute atomic E-state index is 13.7. The van der Waals surface area contributed by atoms with Crippen molar-refractivity contribution in [2.24, 2.45) is 0 Å². The van der Waals surface area contributed by atoms with E-state index in [0.717, 1.165) is 47.9 Å². The first kappa shape index (κ1) is 30.2. The maximum Gasteiger partial charge on any atom is 0.341 e. The van der Waals surface area contributed by atoms with E-state index in [0.29, 0.717) is 38.5 Å². The van der Waals surface area contributed by atoms with Crippen molar-refractivity contribution in [3.63, 3.8) is 0 Å². The first-order valence-electron chi connectivity index (χ1n) is 13.7. The number of thioether (sulfide) groups is 1. The Morgan fingerprint density at radius 2 is 1.84 bits per heavy atom. The average Bonchev–Trinajstić information content (AvgIpc) is 3.60. The van der Waals surface area contributed by atoms with Crippen molar-refractivity contribution in [1.82, 2.24) is 20.1 Å². The number of hydrogen-bond acceptors (Lipinski definition) is 9. The molecule has 2 N–H and O–H groups in total. The van der Waals surface area contributed by atoms with Crippen LogP contribution in [0.3, 0.4) is 0 Å². The van der Waals surface area contributed by atoms with Crippen LogP contribution in [0.1, 0.15) is 56.7 Å². The SMILES string of the molecule is CCOC(=O)c1c(NC(=O)CSc2nnc(CNC(=O)c3ccccc3OC)n2-c2ccc(F)cc2)sc2c1CCCC2. The van der Waals surface area contributed by atoms with Gasteiger partial charge in [0.1, 0.15) is 16.6 Å². The molecular weight excluding hydrogens is 593 g/mol. The molecule has 2 aromatic heterocycles. The van der Waals surface area contributed by atoms with Gasteiger partial charge >= 0.3 is 5.97 Å². The summed E-state index contributed by atoms with van der Waals surface area (Å²) in [7, 11) is 1.49. The zero-order valence-corrected chi connectivity index (χ0v) is 25.3. The van der Waals surface area contributed by atoms with Crippen LogP contribution in [-0.4, -0.2) is 52.0 Å². The Hall–Kier alpha value is -4.23. The molecule has 2 aromatic carbocycles. The molecule has 13 heteroatoms. The van der Waals surface area contributed by atoms with E-state index in [2.05, 4.69) is 20.8 Å². The number of benzene rings is 2. The van der Waals surface area contributed by atoms with Crippen molar-refractivity contribution in [2.45, 2.75) is 44.3 Å². The molecule has 0 atom stereocenters. The van der Waals surface area contributed by atoms with Crippen LogP contribution in [0.2, 0.25) is 0 Å². The van der Waals surface area contributed by atoms with E-state index < -0.39 is 11.8 Å². The van der Waals surface area contributed by atoms with Crippen LogP contribution in [0, 0.1) is 5.82 Å². The molecule has 5 rings (SSSR count). The van der Waals surface area contributed by atoms with Crippen LogP contribution in [0.15, 0.2) is 53.7 Å². The molecule has 1 aliphatic rings. The molecule has 2 amide bonds. The zero-order chi connectivity index (χ0) is 30.3. The topological polar surface area (TPSA) is 124 Å². The predicted molar refractivity (Wildman–Crippen MR) is 162 cm³/mol. The van der Waals surface area contributed by atoms with Crippen molar-refractivity contribution in [2.75, 3.05) is 24.8 Å². The highest BCUT2D eigenvalue weighted by Crippen LogP contribution is 2.38. The maximum atomic E-state index is 13.7. The second-order valence-electron chi connectivity index (χ2n) is 9.57. The van der Waals surface area contributed by atoms with Crippen molar-refractivity contribution < 1.29 is 28.2 Å². The molecule has 0 aliphatic heterocycles. The lowest BCUT2D eigenvalue weighted by Crippen LogP contribution is -2.25. The number of carbonyl (C=O) groups is 3. The Labute approximate surface area is 256 Å². The number of aryl methyl sites for hydroxylation is 1. The number of fused-ring (bicyclic) bond motifs is 1. The van der Waals surface area contributed by atoms with Crippen molar-refractivity contribution in [1.29, 1.82) is 0 Å². The van der Waals surface area contributed by atoms with Crippen LogP contribution in [0.5, 0.6) is 5.75 Å². The van der Waals surface area contributed by atoms with Gasteiger partial charge < -0.3 is 20.1 Å². The van der Waals surface area contributed by atoms with Crippen LogP contribution in [0.4, 0.5) is 9.39 Å². The number of rotatable bonds is 11. The molecule has 0 unspecified atom stereocenters. The number of thiophene rings is 1. The molecule has 224 valence electrons. The lowest BCUT2D eigenvalue weighted by Gasteiger charge is -2.13. The van der Waals surface area contributed by atoms with Gasteiger partial charge in [0.2, 0.25) is 5.91 Å². The van der Waals surface area contributed by atoms with Gasteiger partial charge in [-0.1, -0.05) is 23.9 Å². The minimum absolute atomic E-state index is 0.0116. The van der Waals surface area contributed by atoms with Gasteiger partial charge in [-0.2, -0.15) is 0 Å². The number of hydrogen-bond donors (Lipinski definition) is 2. The number of halogens is 1. The van der Waals surface area contributed by atoms with E-state index in [-0.39, 0.29) is 30.7 Å². The van der Waals surface area contributed by atoms with Gasteiger partial charge in [0.05, 0.1) is 37.1 Å². The van der Waals surface area contributed by atoms with Gasteiger partial charge in [0, 0.05) is 10.6 Å². The molecule has 1 aliphatic carbocycles. The molecule has 10 nitrogen and oxygen atoms in total. The average molecular weight is 624 g/mol. The summed E-state index contributed by atoms with van der Waals surface area (Å²) in [6.07, 6.45) is 3.68. The summed E-state index contributed by atoms with van der Waals surface area (Å²) in [4.78, 5) is 39.9. The number of para-hydroxylation sites is 1. The van der Waals surface area contributed by atoms with Gasteiger partial charge in [-0.15, -0.1) is 21.5 Å². The number of methoxy groups -OCH3 is 1. The third kappa shape index (κ3) is 6.89. The smallest absolute Gasteiger partial charge is 0.341 e. The minimum Gasteiger partial charge on any atom is -0.496 e. The molecule has 4 aromatic rings. The summed E-state index contributed by atoms with van der Waals surface area (Å²) in [5, 5.41) is 15.1. The molecule has 0 spiro atoms. The van der Waals surface area contributed by atoms with E-state index in [1.807, 2.05) is 0 Å². The van der Waals surface area contributed by atoms with E-state index in [9.17, 15) is 18.8 Å². The van der Waals surface area contributed by atoms with Crippen molar-refractivity contribution >= 4 is 45.9 Å². The fourth-order valence-electron chi connectivity index (χ4n) is 4.81. The second kappa shape index (κ2) is 13.8. The number of nitrogens with one attached hydrogen (secondary N) is 2. The number of anilines is 1. The number of nitrogens with zero attached hydrogens (tertiary/aromatic N) is 3. The van der Waals surface area contributed by atoms with Crippen LogP contribution in [0.25, 0.3) is 5.69 Å². The Morgan fingerprint density at radius 3 is 2.60 bits per heavy atom. The molecule has 43 heavy (non-hydrogen) atoms. The number of ether oxygens (including phenoxy) is 2. The predicted octanol–water partition coefficient (Wildman–Crippen LogP) is 5.19. The highest BCUT2D eigenvalue weighted by atomic mass is 32.2. The fraction of sp³-hybridized carbons (Fsp3) is 0.300. The molecule has 0 radical (unpaired) electrons. The van der Waals surface area contributed by atoms with Crippen LogP contribution < -0.4 is 15.4 Å². The van der Waals surface area contributed by atoms with Crippen molar-refractivity contribution in [3.8, 4) is 11.4 Å². The molecule has 0 bridgehead atoms. The van der Waals surface area contributed by atoms with Crippen LogP contribution >= 0.6 is 23.1 Å². The highest BCUT2D eigenvalue weighted by Gasteiger charge is 2.27. The Kier molecular flexibility index (Phi) is 9.72. The van der Waals surface area contributed by atoms with Crippen LogP contribution in [-0.2, 0) is 28.9 Å². The quantitative estimate of drug-likeness (QED) is 0.173. The fourth-order valence-corrected chi connectivity index (χ4v) is 6.87.